The van der Waals surface area contributed by atoms with Gasteiger partial charge in [0.15, 0.2) is 11.4 Å². The van der Waals surface area contributed by atoms with Crippen molar-refractivity contribution in [1.29, 1.82) is 0 Å². The summed E-state index contributed by atoms with van der Waals surface area (Å²) < 4.78 is 2.08. The smallest absolute Gasteiger partial charge is 0.231 e. The van der Waals surface area contributed by atoms with E-state index in [0.717, 1.165) is 5.69 Å². The Morgan fingerprint density at radius 1 is 1.32 bits per heavy atom. The Morgan fingerprint density at radius 2 is 2.05 bits per heavy atom. The van der Waals surface area contributed by atoms with Crippen LogP contribution in [0.25, 0.3) is 17.3 Å². The highest BCUT2D eigenvalue weighted by molar-refractivity contribution is 7.98. The van der Waals surface area contributed by atoms with E-state index < -0.39 is 0 Å². The zero-order valence-corrected chi connectivity index (χ0v) is 12.7. The van der Waals surface area contributed by atoms with Crippen LogP contribution in [0.15, 0.2) is 36.0 Å². The second-order valence-electron chi connectivity index (χ2n) is 4.65. The number of benzene rings is 1. The maximum absolute atomic E-state index is 4.43. The zero-order valence-electron chi connectivity index (χ0n) is 11.9. The third-order valence-corrected chi connectivity index (χ3v) is 4.03. The summed E-state index contributed by atoms with van der Waals surface area (Å²) in [7, 11) is 2.04. The lowest BCUT2D eigenvalue weighted by Gasteiger charge is -2.11. The van der Waals surface area contributed by atoms with Crippen LogP contribution in [0, 0.1) is 13.8 Å². The van der Waals surface area contributed by atoms with Gasteiger partial charge in [0.05, 0.1) is 7.05 Å². The van der Waals surface area contributed by atoms with Crippen molar-refractivity contribution < 1.29 is 4.57 Å². The summed E-state index contributed by atoms with van der Waals surface area (Å²) in [5, 5.41) is 0. The molecule has 19 heavy (non-hydrogen) atoms. The molecule has 0 N–H and O–H groups in total. The molecule has 0 saturated heterocycles. The Kier molecular flexibility index (Phi) is 4.05. The normalized spacial score (nSPS) is 10.5. The maximum Gasteiger partial charge on any atom is 0.287 e. The van der Waals surface area contributed by atoms with Crippen molar-refractivity contribution >= 4 is 17.8 Å². The molecule has 0 aliphatic rings. The number of thioether (sulfide) groups is 1. The first kappa shape index (κ1) is 13.8. The van der Waals surface area contributed by atoms with E-state index in [1.54, 1.807) is 11.8 Å². The molecule has 98 valence electrons. The van der Waals surface area contributed by atoms with Crippen LogP contribution >= 0.6 is 11.8 Å². The molecule has 0 bridgehead atoms. The molecule has 0 fully saturated rings. The van der Waals surface area contributed by atoms with Gasteiger partial charge in [-0.1, -0.05) is 24.3 Å². The highest BCUT2D eigenvalue weighted by atomic mass is 32.2. The van der Waals surface area contributed by atoms with E-state index in [1.165, 1.54) is 27.3 Å². The Bertz CT molecular complexity index is 633. The van der Waals surface area contributed by atoms with Gasteiger partial charge < -0.3 is 0 Å². The summed E-state index contributed by atoms with van der Waals surface area (Å²) in [4.78, 5) is 5.60. The summed E-state index contributed by atoms with van der Waals surface area (Å²) in [6.07, 6.45) is 5.76. The van der Waals surface area contributed by atoms with Gasteiger partial charge in [-0.25, -0.2) is 4.57 Å². The van der Waals surface area contributed by atoms with Crippen LogP contribution in [0.5, 0.6) is 0 Å². The Balaban J connectivity index is 2.80. The number of aromatic nitrogens is 2. The fraction of sp³-hybridized carbons (Fsp3) is 0.250. The molecule has 0 radical (unpaired) electrons. The molecule has 1 heterocycles. The first-order valence-electron chi connectivity index (χ1n) is 6.21. The Hall–Kier alpha value is -1.61. The van der Waals surface area contributed by atoms with Crippen molar-refractivity contribution in [3.8, 4) is 11.3 Å². The standard InChI is InChI=1S/C16H19N2S/c1-6-14-16(19-5)15(18(4)10-17-14)13-9-11(2)7-8-12(13)3/h6-10H,1H2,2-5H3/q+1. The number of rotatable bonds is 3. The number of nitrogens with zero attached hydrogens (tertiary/aromatic N) is 2. The highest BCUT2D eigenvalue weighted by Gasteiger charge is 2.20. The summed E-state index contributed by atoms with van der Waals surface area (Å²) in [5.41, 5.74) is 5.96. The zero-order chi connectivity index (χ0) is 14.0. The fourth-order valence-corrected chi connectivity index (χ4v) is 2.99. The lowest BCUT2D eigenvalue weighted by atomic mass is 10.0. The van der Waals surface area contributed by atoms with Crippen molar-refractivity contribution in [3.05, 3.63) is 47.9 Å². The van der Waals surface area contributed by atoms with Crippen LogP contribution in [-0.2, 0) is 7.05 Å². The van der Waals surface area contributed by atoms with Crippen molar-refractivity contribution in [2.45, 2.75) is 18.7 Å². The number of hydrogen-bond donors (Lipinski definition) is 0. The molecule has 0 atom stereocenters. The first-order chi connectivity index (χ1) is 9.08. The minimum atomic E-state index is 0.946. The minimum Gasteiger partial charge on any atom is -0.231 e. The maximum atomic E-state index is 4.43. The molecule has 0 unspecified atom stereocenters. The van der Waals surface area contributed by atoms with Gasteiger partial charge in [0.2, 0.25) is 0 Å². The van der Waals surface area contributed by atoms with Crippen LogP contribution in [0.3, 0.4) is 0 Å². The molecule has 2 nitrogen and oxygen atoms in total. The largest absolute Gasteiger partial charge is 0.287 e. The molecule has 3 heteroatoms. The Labute approximate surface area is 119 Å². The predicted molar refractivity (Wildman–Crippen MR) is 82.2 cm³/mol. The molecule has 2 rings (SSSR count). The van der Waals surface area contributed by atoms with E-state index in [1.807, 2.05) is 19.5 Å². The molecule has 1 aromatic carbocycles. The Morgan fingerprint density at radius 3 is 2.68 bits per heavy atom. The third-order valence-electron chi connectivity index (χ3n) is 3.22. The van der Waals surface area contributed by atoms with E-state index >= 15 is 0 Å². The van der Waals surface area contributed by atoms with Crippen LogP contribution in [-0.4, -0.2) is 11.2 Å². The quantitative estimate of drug-likeness (QED) is 0.627. The molecule has 0 aliphatic heterocycles. The van der Waals surface area contributed by atoms with Crippen molar-refractivity contribution in [2.24, 2.45) is 7.05 Å². The van der Waals surface area contributed by atoms with E-state index in [0.29, 0.717) is 0 Å². The van der Waals surface area contributed by atoms with Gasteiger partial charge in [0, 0.05) is 5.56 Å². The molecular weight excluding hydrogens is 252 g/mol. The van der Waals surface area contributed by atoms with Gasteiger partial charge in [0.25, 0.3) is 6.33 Å². The SMILES string of the molecule is C=Cc1nc[n+](C)c(-c2cc(C)ccc2C)c1SC. The lowest BCUT2D eigenvalue weighted by molar-refractivity contribution is -0.665. The second kappa shape index (κ2) is 5.57. The molecule has 1 aromatic heterocycles. The monoisotopic (exact) mass is 271 g/mol. The summed E-state index contributed by atoms with van der Waals surface area (Å²) in [6.45, 7) is 8.13. The second-order valence-corrected chi connectivity index (χ2v) is 5.46. The van der Waals surface area contributed by atoms with Crippen LogP contribution in [0.2, 0.25) is 0 Å². The summed E-state index contributed by atoms with van der Waals surface area (Å²) >= 11 is 1.72. The van der Waals surface area contributed by atoms with Gasteiger partial charge in [-0.2, -0.15) is 0 Å². The van der Waals surface area contributed by atoms with Gasteiger partial charge >= 0.3 is 0 Å². The minimum absolute atomic E-state index is 0.946. The van der Waals surface area contributed by atoms with Crippen LogP contribution in [0.4, 0.5) is 0 Å². The van der Waals surface area contributed by atoms with Gasteiger partial charge in [0.1, 0.15) is 4.90 Å². The molecule has 0 spiro atoms. The van der Waals surface area contributed by atoms with Gasteiger partial charge in [-0.15, -0.1) is 11.8 Å². The highest BCUT2D eigenvalue weighted by Crippen LogP contribution is 2.32. The topological polar surface area (TPSA) is 16.8 Å². The molecular formula is C16H19N2S+. The number of aryl methyl sites for hydroxylation is 3. The third kappa shape index (κ3) is 2.56. The molecule has 0 aliphatic carbocycles. The van der Waals surface area contributed by atoms with Gasteiger partial charge in [-0.05, 0) is 42.8 Å². The number of hydrogen-bond acceptors (Lipinski definition) is 2. The average molecular weight is 271 g/mol. The van der Waals surface area contributed by atoms with Crippen molar-refractivity contribution in [1.82, 2.24) is 4.98 Å². The van der Waals surface area contributed by atoms with Crippen LogP contribution in [0.1, 0.15) is 16.8 Å². The van der Waals surface area contributed by atoms with E-state index in [-0.39, 0.29) is 0 Å². The van der Waals surface area contributed by atoms with Crippen molar-refractivity contribution in [2.75, 3.05) is 6.26 Å². The molecule has 0 amide bonds. The summed E-state index contributed by atoms with van der Waals surface area (Å²) in [5.74, 6) is 0. The van der Waals surface area contributed by atoms with Crippen molar-refractivity contribution in [3.63, 3.8) is 0 Å². The average Bonchev–Trinajstić information content (AvgIpc) is 2.41. The molecule has 2 aromatic rings. The lowest BCUT2D eigenvalue weighted by Crippen LogP contribution is -2.33. The molecule has 0 saturated carbocycles. The summed E-state index contributed by atoms with van der Waals surface area (Å²) in [6, 6.07) is 6.55. The van der Waals surface area contributed by atoms with E-state index in [4.69, 9.17) is 0 Å². The first-order valence-corrected chi connectivity index (χ1v) is 7.43. The fourth-order valence-electron chi connectivity index (χ4n) is 2.20. The van der Waals surface area contributed by atoms with Gasteiger partial charge in [-0.3, -0.25) is 0 Å². The van der Waals surface area contributed by atoms with E-state index in [9.17, 15) is 0 Å². The predicted octanol–water partition coefficient (Wildman–Crippen LogP) is 3.55. The van der Waals surface area contributed by atoms with E-state index in [2.05, 4.69) is 54.4 Å². The van der Waals surface area contributed by atoms with Crippen LogP contribution < -0.4 is 4.57 Å².